The molecule has 3 aliphatic rings. The minimum absolute atomic E-state index is 0.0541. The summed E-state index contributed by atoms with van der Waals surface area (Å²) in [5.74, 6) is 1.46. The van der Waals surface area contributed by atoms with Crippen LogP contribution in [-0.2, 0) is 14.8 Å². The average Bonchev–Trinajstić information content (AvgIpc) is 3.52. The van der Waals surface area contributed by atoms with Crippen molar-refractivity contribution in [2.45, 2.75) is 48.8 Å². The van der Waals surface area contributed by atoms with E-state index < -0.39 is 10.0 Å². The Kier molecular flexibility index (Phi) is 4.98. The smallest absolute Gasteiger partial charge is 0.252 e. The van der Waals surface area contributed by atoms with Crippen LogP contribution in [-0.4, -0.2) is 37.8 Å². The minimum Gasteiger partial charge on any atom is -0.353 e. The Balaban J connectivity index is 1.34. The van der Waals surface area contributed by atoms with Crippen molar-refractivity contribution in [2.75, 3.05) is 13.1 Å². The summed E-state index contributed by atoms with van der Waals surface area (Å²) >= 11 is 4.55. The van der Waals surface area contributed by atoms with Crippen molar-refractivity contribution in [3.8, 4) is 0 Å². The predicted octanol–water partition coefficient (Wildman–Crippen LogP) is 3.22. The van der Waals surface area contributed by atoms with Crippen LogP contribution in [0.25, 0.3) is 0 Å². The van der Waals surface area contributed by atoms with Gasteiger partial charge in [-0.1, -0.05) is 0 Å². The Labute approximate surface area is 161 Å². The van der Waals surface area contributed by atoms with Crippen molar-refractivity contribution in [1.82, 2.24) is 9.62 Å². The van der Waals surface area contributed by atoms with Gasteiger partial charge in [-0.25, -0.2) is 8.42 Å². The van der Waals surface area contributed by atoms with E-state index >= 15 is 0 Å². The molecule has 0 atom stereocenters. The van der Waals surface area contributed by atoms with Gasteiger partial charge in [0.2, 0.25) is 5.91 Å². The molecule has 1 amide bonds. The second-order valence-corrected chi connectivity index (χ2v) is 12.1. The van der Waals surface area contributed by atoms with Gasteiger partial charge >= 0.3 is 0 Å². The molecule has 2 heterocycles. The van der Waals surface area contributed by atoms with Gasteiger partial charge in [0.05, 0.1) is 3.79 Å². The molecule has 0 bridgehead atoms. The van der Waals surface area contributed by atoms with Gasteiger partial charge in [0.1, 0.15) is 4.21 Å². The van der Waals surface area contributed by atoms with Crippen LogP contribution in [0, 0.1) is 17.8 Å². The van der Waals surface area contributed by atoms with Crippen LogP contribution in [0.5, 0.6) is 0 Å². The monoisotopic (exact) mass is 446 g/mol. The molecular formula is C17H23BrN2O3S2. The lowest BCUT2D eigenvalue weighted by atomic mass is 9.96. The normalized spacial score (nSPS) is 23.1. The molecule has 1 saturated heterocycles. The van der Waals surface area contributed by atoms with Crippen molar-refractivity contribution in [3.63, 3.8) is 0 Å². The highest BCUT2D eigenvalue weighted by molar-refractivity contribution is 9.11. The van der Waals surface area contributed by atoms with E-state index in [9.17, 15) is 13.2 Å². The van der Waals surface area contributed by atoms with Gasteiger partial charge in [0.25, 0.3) is 10.0 Å². The zero-order valence-corrected chi connectivity index (χ0v) is 17.2. The third kappa shape index (κ3) is 3.96. The van der Waals surface area contributed by atoms with Gasteiger partial charge in [-0.15, -0.1) is 11.3 Å². The summed E-state index contributed by atoms with van der Waals surface area (Å²) in [6.45, 7) is 0.848. The highest BCUT2D eigenvalue weighted by Gasteiger charge is 2.43. The van der Waals surface area contributed by atoms with Gasteiger partial charge in [-0.2, -0.15) is 4.31 Å². The lowest BCUT2D eigenvalue weighted by molar-refractivity contribution is -0.127. The second-order valence-electron chi connectivity index (χ2n) is 7.45. The molecule has 1 aliphatic heterocycles. The first-order valence-corrected chi connectivity index (χ1v) is 12.1. The maximum atomic E-state index is 12.7. The van der Waals surface area contributed by atoms with Gasteiger partial charge in [-0.05, 0) is 78.4 Å². The average molecular weight is 447 g/mol. The van der Waals surface area contributed by atoms with Crippen LogP contribution in [0.4, 0.5) is 0 Å². The number of nitrogens with zero attached hydrogens (tertiary/aromatic N) is 1. The number of sulfonamides is 1. The molecular weight excluding hydrogens is 424 g/mol. The van der Waals surface area contributed by atoms with Crippen molar-refractivity contribution in [2.24, 2.45) is 17.8 Å². The number of thiophene rings is 1. The molecule has 138 valence electrons. The molecule has 1 N–H and O–H groups in total. The molecule has 0 aromatic carbocycles. The summed E-state index contributed by atoms with van der Waals surface area (Å²) in [6, 6.07) is 3.77. The van der Waals surface area contributed by atoms with Crippen LogP contribution >= 0.6 is 27.3 Å². The van der Waals surface area contributed by atoms with Gasteiger partial charge < -0.3 is 5.32 Å². The molecule has 1 aromatic heterocycles. The van der Waals surface area contributed by atoms with Crippen molar-refractivity contribution in [1.29, 1.82) is 0 Å². The summed E-state index contributed by atoms with van der Waals surface area (Å²) < 4.78 is 28.0. The van der Waals surface area contributed by atoms with Gasteiger partial charge in [-0.3, -0.25) is 4.79 Å². The molecule has 5 nitrogen and oxygen atoms in total. The Bertz CT molecular complexity index is 736. The Morgan fingerprint density at radius 2 is 1.72 bits per heavy atom. The number of rotatable bonds is 6. The molecule has 2 aliphatic carbocycles. The lowest BCUT2D eigenvalue weighted by Gasteiger charge is -2.31. The van der Waals surface area contributed by atoms with Crippen LogP contribution in [0.15, 0.2) is 20.1 Å². The van der Waals surface area contributed by atoms with E-state index in [0.717, 1.165) is 3.79 Å². The second kappa shape index (κ2) is 6.94. The summed E-state index contributed by atoms with van der Waals surface area (Å²) in [5, 5.41) is 3.29. The van der Waals surface area contributed by atoms with Crippen LogP contribution in [0.2, 0.25) is 0 Å². The van der Waals surface area contributed by atoms with Gasteiger partial charge in [0.15, 0.2) is 0 Å². The maximum absolute atomic E-state index is 12.7. The number of amides is 1. The first kappa shape index (κ1) is 17.9. The van der Waals surface area contributed by atoms with E-state index in [-0.39, 0.29) is 11.8 Å². The molecule has 0 spiro atoms. The topological polar surface area (TPSA) is 66.5 Å². The fourth-order valence-electron chi connectivity index (χ4n) is 3.74. The third-order valence-electron chi connectivity index (χ3n) is 5.54. The lowest BCUT2D eigenvalue weighted by Crippen LogP contribution is -2.46. The van der Waals surface area contributed by atoms with Crippen molar-refractivity contribution in [3.05, 3.63) is 15.9 Å². The molecule has 0 radical (unpaired) electrons. The zero-order chi connectivity index (χ0) is 17.6. The number of nitrogens with one attached hydrogen (secondary N) is 1. The molecule has 2 saturated carbocycles. The third-order valence-corrected chi connectivity index (χ3v) is 9.53. The Morgan fingerprint density at radius 1 is 1.12 bits per heavy atom. The number of piperidine rings is 1. The largest absolute Gasteiger partial charge is 0.353 e. The first-order chi connectivity index (χ1) is 11.9. The van der Waals surface area contributed by atoms with Crippen molar-refractivity contribution >= 4 is 43.2 Å². The molecule has 4 rings (SSSR count). The van der Waals surface area contributed by atoms with Crippen molar-refractivity contribution < 1.29 is 13.2 Å². The summed E-state index contributed by atoms with van der Waals surface area (Å²) in [5.41, 5.74) is 0. The van der Waals surface area contributed by atoms with E-state index in [2.05, 4.69) is 21.2 Å². The number of carbonyl (C=O) groups excluding carboxylic acids is 1. The van der Waals surface area contributed by atoms with Crippen LogP contribution in [0.1, 0.15) is 38.5 Å². The van der Waals surface area contributed by atoms with Crippen LogP contribution in [0.3, 0.4) is 0 Å². The summed E-state index contributed by atoms with van der Waals surface area (Å²) in [4.78, 5) is 12.6. The summed E-state index contributed by atoms with van der Waals surface area (Å²) in [6.07, 6.45) is 6.20. The molecule has 0 unspecified atom stereocenters. The quantitative estimate of drug-likeness (QED) is 0.729. The van der Waals surface area contributed by atoms with E-state index in [1.165, 1.54) is 41.3 Å². The van der Waals surface area contributed by atoms with E-state index in [4.69, 9.17) is 0 Å². The number of hydrogen-bond acceptors (Lipinski definition) is 4. The number of hydrogen-bond donors (Lipinski definition) is 1. The molecule has 25 heavy (non-hydrogen) atoms. The molecule has 3 fully saturated rings. The van der Waals surface area contributed by atoms with E-state index in [1.807, 2.05) is 0 Å². The zero-order valence-electron chi connectivity index (χ0n) is 14.0. The van der Waals surface area contributed by atoms with Crippen LogP contribution < -0.4 is 5.32 Å². The summed E-state index contributed by atoms with van der Waals surface area (Å²) in [7, 11) is -3.43. The highest BCUT2D eigenvalue weighted by Crippen LogP contribution is 2.44. The Morgan fingerprint density at radius 3 is 2.20 bits per heavy atom. The minimum atomic E-state index is -3.43. The maximum Gasteiger partial charge on any atom is 0.252 e. The fourth-order valence-corrected chi connectivity index (χ4v) is 7.37. The number of carbonyl (C=O) groups is 1. The standard InChI is InChI=1S/C17H23BrN2O3S2/c18-14-5-6-15(24-14)25(22,23)20-9-7-13(8-10-20)17(21)19-16(11-1-2-11)12-3-4-12/h5-6,11-13,16H,1-4,7-10H2,(H,19,21). The molecule has 1 aromatic rings. The first-order valence-electron chi connectivity index (χ1n) is 9.01. The fraction of sp³-hybridized carbons (Fsp3) is 0.706. The Hall–Kier alpha value is -0.440. The molecule has 8 heteroatoms. The predicted molar refractivity (Wildman–Crippen MR) is 101 cm³/mol. The highest BCUT2D eigenvalue weighted by atomic mass is 79.9. The van der Waals surface area contributed by atoms with E-state index in [0.29, 0.717) is 48.0 Å². The van der Waals surface area contributed by atoms with Gasteiger partial charge in [0, 0.05) is 25.0 Å². The SMILES string of the molecule is O=C(NC(C1CC1)C1CC1)C1CCN(S(=O)(=O)c2ccc(Br)s2)CC1. The number of halogens is 1. The van der Waals surface area contributed by atoms with E-state index in [1.54, 1.807) is 12.1 Å².